The minimum Gasteiger partial charge on any atom is -0.872 e. The van der Waals surface area contributed by atoms with Crippen LogP contribution in [0.2, 0.25) is 10.0 Å². The zero-order valence-corrected chi connectivity index (χ0v) is 16.9. The van der Waals surface area contributed by atoms with Gasteiger partial charge in [0.15, 0.2) is 5.76 Å². The van der Waals surface area contributed by atoms with Gasteiger partial charge in [0.2, 0.25) is 5.78 Å². The molecule has 5 nitrogen and oxygen atoms in total. The number of rotatable bonds is 3. The number of ether oxygens (including phenoxy) is 1. The van der Waals surface area contributed by atoms with Crippen molar-refractivity contribution in [3.05, 3.63) is 62.8 Å². The Morgan fingerprint density at radius 3 is 2.54 bits per heavy atom. The molecule has 0 saturated carbocycles. The third-order valence-electron chi connectivity index (χ3n) is 5.29. The van der Waals surface area contributed by atoms with Crippen molar-refractivity contribution in [1.82, 2.24) is 4.90 Å². The number of hydrogen-bond acceptors (Lipinski definition) is 4. The van der Waals surface area contributed by atoms with Crippen LogP contribution >= 0.6 is 23.2 Å². The standard InChI is InChI=1S/C21H20Cl2N2O3/c1-24-7-9-25(10-8-24)12-15-18(26)6-5-13-20(27)19(28-21(13)15)11-14-16(22)3-2-4-17(14)23/h2-6,11,26H,7-10,12H2,1H3. The average molecular weight is 419 g/mol. The number of Topliss-reactive ketones (excluding diaryl/α,β-unsaturated/α-hetero) is 1. The maximum absolute atomic E-state index is 12.8. The number of likely N-dealkylation sites (N-methyl/N-ethyl adjacent to an activating group) is 1. The number of fused-ring (bicyclic) bond motifs is 1. The van der Waals surface area contributed by atoms with Gasteiger partial charge in [-0.15, -0.1) is 0 Å². The third-order valence-corrected chi connectivity index (χ3v) is 5.95. The molecule has 0 atom stereocenters. The lowest BCUT2D eigenvalue weighted by molar-refractivity contribution is -0.918. The normalized spacial score (nSPS) is 19.1. The summed E-state index contributed by atoms with van der Waals surface area (Å²) >= 11 is 12.4. The molecule has 2 aliphatic heterocycles. The molecule has 2 heterocycles. The summed E-state index contributed by atoms with van der Waals surface area (Å²) in [6.07, 6.45) is 1.55. The van der Waals surface area contributed by atoms with Crippen LogP contribution in [0.3, 0.4) is 0 Å². The van der Waals surface area contributed by atoms with Crippen molar-refractivity contribution < 1.29 is 19.5 Å². The number of halogens is 2. The Morgan fingerprint density at radius 2 is 1.86 bits per heavy atom. The van der Waals surface area contributed by atoms with Crippen LogP contribution in [0.1, 0.15) is 21.5 Å². The largest absolute Gasteiger partial charge is 0.872 e. The van der Waals surface area contributed by atoms with E-state index < -0.39 is 0 Å². The quantitative estimate of drug-likeness (QED) is 0.774. The Hall–Kier alpha value is -2.05. The van der Waals surface area contributed by atoms with E-state index in [1.807, 2.05) is 0 Å². The molecule has 2 aromatic carbocycles. The average Bonchev–Trinajstić information content (AvgIpc) is 2.98. The van der Waals surface area contributed by atoms with Crippen molar-refractivity contribution >= 4 is 35.1 Å². The summed E-state index contributed by atoms with van der Waals surface area (Å²) < 4.78 is 5.88. The minimum absolute atomic E-state index is 0.102. The Bertz CT molecular complexity index is 946. The van der Waals surface area contributed by atoms with Crippen molar-refractivity contribution in [3.63, 3.8) is 0 Å². The monoisotopic (exact) mass is 418 g/mol. The smallest absolute Gasteiger partial charge is 0.231 e. The number of nitrogens with one attached hydrogen (secondary N) is 1. The molecule has 28 heavy (non-hydrogen) atoms. The molecule has 0 amide bonds. The Morgan fingerprint density at radius 1 is 1.18 bits per heavy atom. The Kier molecular flexibility index (Phi) is 5.34. The van der Waals surface area contributed by atoms with Gasteiger partial charge in [-0.1, -0.05) is 41.1 Å². The second kappa shape index (κ2) is 7.76. The van der Waals surface area contributed by atoms with Gasteiger partial charge < -0.3 is 14.7 Å². The predicted molar refractivity (Wildman–Crippen MR) is 107 cm³/mol. The van der Waals surface area contributed by atoms with Gasteiger partial charge in [-0.25, -0.2) is 0 Å². The lowest BCUT2D eigenvalue weighted by Crippen LogP contribution is -3.13. The van der Waals surface area contributed by atoms with Gasteiger partial charge in [0.25, 0.3) is 0 Å². The Balaban J connectivity index is 1.66. The van der Waals surface area contributed by atoms with Crippen molar-refractivity contribution in [2.75, 3.05) is 33.2 Å². The zero-order valence-electron chi connectivity index (χ0n) is 15.4. The second-order valence-corrected chi connectivity index (χ2v) is 8.04. The summed E-state index contributed by atoms with van der Waals surface area (Å²) in [6.45, 7) is 4.41. The van der Waals surface area contributed by atoms with Gasteiger partial charge in [0, 0.05) is 34.3 Å². The van der Waals surface area contributed by atoms with Crippen LogP contribution in [0.15, 0.2) is 36.1 Å². The fourth-order valence-electron chi connectivity index (χ4n) is 3.60. The maximum Gasteiger partial charge on any atom is 0.231 e. The molecule has 7 heteroatoms. The first kappa shape index (κ1) is 19.3. The number of hydrogen-bond donors (Lipinski definition) is 1. The number of carbonyl (C=O) groups is 1. The van der Waals surface area contributed by atoms with Gasteiger partial charge in [-0.05, 0) is 31.3 Å². The number of ketones is 1. The van der Waals surface area contributed by atoms with E-state index in [-0.39, 0.29) is 17.3 Å². The highest BCUT2D eigenvalue weighted by Crippen LogP contribution is 2.39. The molecule has 0 bridgehead atoms. The van der Waals surface area contributed by atoms with E-state index in [2.05, 4.69) is 11.9 Å². The van der Waals surface area contributed by atoms with Gasteiger partial charge >= 0.3 is 0 Å². The van der Waals surface area contributed by atoms with Crippen molar-refractivity contribution in [3.8, 4) is 11.5 Å². The fourth-order valence-corrected chi connectivity index (χ4v) is 4.10. The molecule has 1 saturated heterocycles. The van der Waals surface area contributed by atoms with Crippen LogP contribution < -0.4 is 14.7 Å². The first-order valence-electron chi connectivity index (χ1n) is 9.17. The van der Waals surface area contributed by atoms with Crippen molar-refractivity contribution in [2.45, 2.75) is 6.54 Å². The third kappa shape index (κ3) is 3.63. The number of allylic oxidation sites excluding steroid dienone is 1. The van der Waals surface area contributed by atoms with Gasteiger partial charge in [0.05, 0.1) is 18.7 Å². The molecular weight excluding hydrogens is 399 g/mol. The van der Waals surface area contributed by atoms with E-state index in [9.17, 15) is 9.90 Å². The molecule has 2 aliphatic rings. The van der Waals surface area contributed by atoms with Crippen LogP contribution in [0.4, 0.5) is 0 Å². The predicted octanol–water partition coefficient (Wildman–Crippen LogP) is 2.01. The number of nitrogens with zero attached hydrogens (tertiary/aromatic N) is 1. The zero-order chi connectivity index (χ0) is 19.8. The molecule has 146 valence electrons. The van der Waals surface area contributed by atoms with E-state index in [0.717, 1.165) is 26.2 Å². The molecular formula is C21H20Cl2N2O3. The van der Waals surface area contributed by atoms with Crippen molar-refractivity contribution in [2.24, 2.45) is 0 Å². The van der Waals surface area contributed by atoms with Crippen LogP contribution in [0.5, 0.6) is 11.5 Å². The lowest BCUT2D eigenvalue weighted by atomic mass is 10.0. The maximum atomic E-state index is 12.8. The lowest BCUT2D eigenvalue weighted by Gasteiger charge is -2.30. The number of piperazine rings is 1. The van der Waals surface area contributed by atoms with Crippen LogP contribution in [0, 0.1) is 0 Å². The van der Waals surface area contributed by atoms with Crippen LogP contribution in [-0.2, 0) is 6.54 Å². The number of benzene rings is 2. The molecule has 2 aromatic rings. The van der Waals surface area contributed by atoms with Crippen LogP contribution in [0.25, 0.3) is 6.08 Å². The summed E-state index contributed by atoms with van der Waals surface area (Å²) in [6, 6.07) is 8.13. The summed E-state index contributed by atoms with van der Waals surface area (Å²) in [5, 5.41) is 13.4. The fraction of sp³-hybridized carbons (Fsp3) is 0.286. The number of carbonyl (C=O) groups excluding carboxylic acids is 1. The molecule has 0 radical (unpaired) electrons. The highest BCUT2D eigenvalue weighted by molar-refractivity contribution is 6.37. The van der Waals surface area contributed by atoms with Crippen molar-refractivity contribution in [1.29, 1.82) is 0 Å². The van der Waals surface area contributed by atoms with E-state index in [1.165, 1.54) is 17.0 Å². The highest BCUT2D eigenvalue weighted by atomic mass is 35.5. The molecule has 0 spiro atoms. The molecule has 4 rings (SSSR count). The summed E-state index contributed by atoms with van der Waals surface area (Å²) in [7, 11) is 2.09. The van der Waals surface area contributed by atoms with E-state index in [0.29, 0.717) is 39.0 Å². The molecule has 1 fully saturated rings. The second-order valence-electron chi connectivity index (χ2n) is 7.22. The van der Waals surface area contributed by atoms with E-state index in [4.69, 9.17) is 27.9 Å². The first-order chi connectivity index (χ1) is 13.4. The highest BCUT2D eigenvalue weighted by Gasteiger charge is 2.31. The molecule has 1 N–H and O–H groups in total. The van der Waals surface area contributed by atoms with E-state index >= 15 is 0 Å². The van der Waals surface area contributed by atoms with Crippen LogP contribution in [-0.4, -0.2) is 43.9 Å². The minimum atomic E-state index is -0.263. The summed E-state index contributed by atoms with van der Waals surface area (Å²) in [5.74, 6) is 0.138. The number of quaternary nitrogens is 1. The molecule has 0 aromatic heterocycles. The van der Waals surface area contributed by atoms with Gasteiger partial charge in [-0.2, -0.15) is 0 Å². The topological polar surface area (TPSA) is 57.0 Å². The van der Waals surface area contributed by atoms with E-state index in [1.54, 1.807) is 24.3 Å². The van der Waals surface area contributed by atoms with Gasteiger partial charge in [-0.3, -0.25) is 9.69 Å². The SMILES string of the molecule is CN1CC[NH+](Cc2c([O-])ccc3c2OC(=Cc2c(Cl)cccc2Cl)C3=O)CC1. The molecule has 0 unspecified atom stereocenters. The van der Waals surface area contributed by atoms with Gasteiger partial charge in [0.1, 0.15) is 12.3 Å². The summed E-state index contributed by atoms with van der Waals surface area (Å²) in [4.78, 5) is 16.4. The molecule has 0 aliphatic carbocycles. The Labute approximate surface area is 173 Å². The summed E-state index contributed by atoms with van der Waals surface area (Å²) in [5.41, 5.74) is 1.49. The first-order valence-corrected chi connectivity index (χ1v) is 9.93.